The van der Waals surface area contributed by atoms with Gasteiger partial charge in [0.1, 0.15) is 4.90 Å². The number of nitrogens with one attached hydrogen (secondary N) is 1. The molecule has 0 bridgehead atoms. The van der Waals surface area contributed by atoms with Crippen LogP contribution in [0, 0.1) is 0 Å². The Hall–Kier alpha value is 0.0200. The molecule has 1 aromatic carbocycles. The second-order valence-electron chi connectivity index (χ2n) is 4.18. The van der Waals surface area contributed by atoms with Gasteiger partial charge >= 0.3 is 0 Å². The molecular weight excluding hydrogens is 341 g/mol. The molecule has 1 rings (SSSR count). The molecule has 2 N–H and O–H groups in total. The Morgan fingerprint density at radius 3 is 2.55 bits per heavy atom. The standard InChI is InChI=1S/C12H17Cl2NO3S2/c1-3-8(7-19-2)15-20(17,18)11-5-4-10(13)9(6-16)12(11)14/h4-5,8,15-16H,3,6-7H2,1-2H3. The van der Waals surface area contributed by atoms with Gasteiger partial charge in [-0.05, 0) is 24.8 Å². The van der Waals surface area contributed by atoms with E-state index in [2.05, 4.69) is 4.72 Å². The molecule has 0 fully saturated rings. The lowest BCUT2D eigenvalue weighted by Gasteiger charge is -2.17. The average Bonchev–Trinajstić information content (AvgIpc) is 2.38. The van der Waals surface area contributed by atoms with Gasteiger partial charge in [0.15, 0.2) is 0 Å². The van der Waals surface area contributed by atoms with E-state index in [0.717, 1.165) is 0 Å². The van der Waals surface area contributed by atoms with Gasteiger partial charge in [-0.1, -0.05) is 30.1 Å². The predicted molar refractivity (Wildman–Crippen MR) is 85.2 cm³/mol. The lowest BCUT2D eigenvalue weighted by molar-refractivity contribution is 0.281. The number of sulfonamides is 1. The fourth-order valence-electron chi connectivity index (χ4n) is 1.65. The van der Waals surface area contributed by atoms with Crippen LogP contribution in [0.25, 0.3) is 0 Å². The van der Waals surface area contributed by atoms with Crippen molar-refractivity contribution in [3.05, 3.63) is 27.7 Å². The fourth-order valence-corrected chi connectivity index (χ4v) is 4.69. The maximum absolute atomic E-state index is 12.3. The number of hydrogen-bond donors (Lipinski definition) is 2. The molecular formula is C12H17Cl2NO3S2. The molecule has 0 spiro atoms. The summed E-state index contributed by atoms with van der Waals surface area (Å²) in [6.07, 6.45) is 2.59. The molecule has 0 radical (unpaired) electrons. The fraction of sp³-hybridized carbons (Fsp3) is 0.500. The van der Waals surface area contributed by atoms with Gasteiger partial charge in [0.2, 0.25) is 10.0 Å². The summed E-state index contributed by atoms with van der Waals surface area (Å²) in [6, 6.07) is 2.60. The number of benzene rings is 1. The largest absolute Gasteiger partial charge is 0.392 e. The second kappa shape index (κ2) is 7.87. The highest BCUT2D eigenvalue weighted by Gasteiger charge is 2.23. The number of aliphatic hydroxyl groups is 1. The number of rotatable bonds is 7. The molecule has 114 valence electrons. The molecule has 20 heavy (non-hydrogen) atoms. The summed E-state index contributed by atoms with van der Waals surface area (Å²) in [5, 5.41) is 9.42. The number of aliphatic hydroxyl groups excluding tert-OH is 1. The molecule has 4 nitrogen and oxygen atoms in total. The Morgan fingerprint density at radius 1 is 1.40 bits per heavy atom. The van der Waals surface area contributed by atoms with Gasteiger partial charge in [0, 0.05) is 22.4 Å². The van der Waals surface area contributed by atoms with Crippen LogP contribution < -0.4 is 4.72 Å². The van der Waals surface area contributed by atoms with Crippen LogP contribution in [0.1, 0.15) is 18.9 Å². The summed E-state index contributed by atoms with van der Waals surface area (Å²) in [5.41, 5.74) is 0.217. The van der Waals surface area contributed by atoms with Crippen molar-refractivity contribution in [2.24, 2.45) is 0 Å². The summed E-state index contributed by atoms with van der Waals surface area (Å²) >= 11 is 13.5. The predicted octanol–water partition coefficient (Wildman–Crippen LogP) is 2.91. The zero-order valence-electron chi connectivity index (χ0n) is 11.2. The van der Waals surface area contributed by atoms with Gasteiger partial charge < -0.3 is 5.11 Å². The van der Waals surface area contributed by atoms with Crippen molar-refractivity contribution >= 4 is 45.0 Å². The maximum Gasteiger partial charge on any atom is 0.242 e. The number of hydrogen-bond acceptors (Lipinski definition) is 4. The van der Waals surface area contributed by atoms with Crippen LogP contribution in [0.3, 0.4) is 0 Å². The SMILES string of the molecule is CCC(CSC)NS(=O)(=O)c1ccc(Cl)c(CO)c1Cl. The van der Waals surface area contributed by atoms with Gasteiger partial charge in [-0.3, -0.25) is 0 Å². The van der Waals surface area contributed by atoms with E-state index in [9.17, 15) is 13.5 Å². The zero-order chi connectivity index (χ0) is 15.3. The molecule has 0 amide bonds. The van der Waals surface area contributed by atoms with E-state index in [-0.39, 0.29) is 26.5 Å². The van der Waals surface area contributed by atoms with Gasteiger partial charge in [0.05, 0.1) is 11.6 Å². The molecule has 0 saturated heterocycles. The van der Waals surface area contributed by atoms with Crippen molar-refractivity contribution < 1.29 is 13.5 Å². The van der Waals surface area contributed by atoms with Gasteiger partial charge in [-0.25, -0.2) is 13.1 Å². The van der Waals surface area contributed by atoms with E-state index >= 15 is 0 Å². The van der Waals surface area contributed by atoms with E-state index < -0.39 is 16.6 Å². The van der Waals surface area contributed by atoms with Crippen molar-refractivity contribution in [2.75, 3.05) is 12.0 Å². The molecule has 0 aliphatic carbocycles. The van der Waals surface area contributed by atoms with E-state index in [0.29, 0.717) is 12.2 Å². The van der Waals surface area contributed by atoms with Gasteiger partial charge in [-0.2, -0.15) is 11.8 Å². The van der Waals surface area contributed by atoms with Crippen molar-refractivity contribution in [2.45, 2.75) is 30.9 Å². The average molecular weight is 358 g/mol. The summed E-state index contributed by atoms with van der Waals surface area (Å²) in [4.78, 5) is -0.0628. The van der Waals surface area contributed by atoms with Gasteiger partial charge in [-0.15, -0.1) is 0 Å². The lowest BCUT2D eigenvalue weighted by Crippen LogP contribution is -2.36. The molecule has 0 saturated carbocycles. The first kappa shape index (κ1) is 18.1. The van der Waals surface area contributed by atoms with Gasteiger partial charge in [0.25, 0.3) is 0 Å². The Morgan fingerprint density at radius 2 is 2.05 bits per heavy atom. The van der Waals surface area contributed by atoms with Crippen LogP contribution in [0.2, 0.25) is 10.0 Å². The Balaban J connectivity index is 3.16. The lowest BCUT2D eigenvalue weighted by atomic mass is 10.2. The van der Waals surface area contributed by atoms with Crippen LogP contribution in [0.5, 0.6) is 0 Å². The third kappa shape index (κ3) is 4.26. The third-order valence-electron chi connectivity index (χ3n) is 2.78. The molecule has 1 atom stereocenters. The van der Waals surface area contributed by atoms with E-state index in [4.69, 9.17) is 23.2 Å². The molecule has 0 aliphatic heterocycles. The van der Waals surface area contributed by atoms with E-state index in [1.807, 2.05) is 13.2 Å². The van der Waals surface area contributed by atoms with Crippen LogP contribution in [0.4, 0.5) is 0 Å². The summed E-state index contributed by atoms with van der Waals surface area (Å²) < 4.78 is 27.3. The Bertz CT molecular complexity index is 564. The Labute approximate surface area is 133 Å². The maximum atomic E-state index is 12.3. The molecule has 0 aromatic heterocycles. The van der Waals surface area contributed by atoms with E-state index in [1.165, 1.54) is 12.1 Å². The Kier molecular flexibility index (Phi) is 7.11. The van der Waals surface area contributed by atoms with E-state index in [1.54, 1.807) is 11.8 Å². The minimum absolute atomic E-state index is 0.0356. The van der Waals surface area contributed by atoms with Crippen LogP contribution >= 0.6 is 35.0 Å². The zero-order valence-corrected chi connectivity index (χ0v) is 14.3. The minimum Gasteiger partial charge on any atom is -0.392 e. The monoisotopic (exact) mass is 357 g/mol. The normalized spacial score (nSPS) is 13.4. The number of thioether (sulfide) groups is 1. The molecule has 1 unspecified atom stereocenters. The number of halogens is 2. The van der Waals surface area contributed by atoms with Crippen molar-refractivity contribution in [3.8, 4) is 0 Å². The highest BCUT2D eigenvalue weighted by atomic mass is 35.5. The summed E-state index contributed by atoms with van der Waals surface area (Å²) in [5.74, 6) is 0.674. The molecule has 8 heteroatoms. The first-order valence-electron chi connectivity index (χ1n) is 5.96. The summed E-state index contributed by atoms with van der Waals surface area (Å²) in [7, 11) is -3.74. The van der Waals surface area contributed by atoms with Crippen LogP contribution in [-0.2, 0) is 16.6 Å². The third-order valence-corrected chi connectivity index (χ3v) is 5.98. The highest BCUT2D eigenvalue weighted by molar-refractivity contribution is 7.98. The van der Waals surface area contributed by atoms with Crippen molar-refractivity contribution in [1.82, 2.24) is 4.72 Å². The topological polar surface area (TPSA) is 66.4 Å². The van der Waals surface area contributed by atoms with Crippen molar-refractivity contribution in [3.63, 3.8) is 0 Å². The first-order valence-corrected chi connectivity index (χ1v) is 9.59. The second-order valence-corrected chi connectivity index (χ2v) is 7.56. The highest BCUT2D eigenvalue weighted by Crippen LogP contribution is 2.31. The van der Waals surface area contributed by atoms with Crippen LogP contribution in [0.15, 0.2) is 17.0 Å². The smallest absolute Gasteiger partial charge is 0.242 e. The quantitative estimate of drug-likeness (QED) is 0.787. The summed E-state index contributed by atoms with van der Waals surface area (Å²) in [6.45, 7) is 1.50. The van der Waals surface area contributed by atoms with Crippen molar-refractivity contribution in [1.29, 1.82) is 0 Å². The first-order chi connectivity index (χ1) is 9.37. The molecule has 0 aliphatic rings. The minimum atomic E-state index is -3.74. The van der Waals surface area contributed by atoms with Crippen LogP contribution in [-0.4, -0.2) is 31.6 Å². The molecule has 0 heterocycles. The molecule has 1 aromatic rings.